The highest BCUT2D eigenvalue weighted by Gasteiger charge is 2.42. The van der Waals surface area contributed by atoms with Crippen LogP contribution in [0.2, 0.25) is 0 Å². The van der Waals surface area contributed by atoms with Gasteiger partial charge in [0.1, 0.15) is 5.60 Å². The normalized spacial score (nSPS) is 28.1. The van der Waals surface area contributed by atoms with E-state index in [0.29, 0.717) is 19.8 Å². The van der Waals surface area contributed by atoms with Crippen molar-refractivity contribution in [3.05, 3.63) is 0 Å². The number of morpholine rings is 1. The Labute approximate surface area is 108 Å². The van der Waals surface area contributed by atoms with Gasteiger partial charge in [0, 0.05) is 39.1 Å². The average Bonchev–Trinajstić information content (AvgIpc) is 2.28. The van der Waals surface area contributed by atoms with E-state index in [4.69, 9.17) is 14.2 Å². The van der Waals surface area contributed by atoms with Gasteiger partial charge in [0.05, 0.1) is 5.60 Å². The smallest absolute Gasteiger partial charge is 0.337 e. The minimum absolute atomic E-state index is 0.252. The Balaban J connectivity index is 1.95. The standard InChI is InChI=1S/C13H23NO4/c1-12(2,3)18-11(15)10-8-14-9-13(17-10)4-6-16-7-5-13/h10,14H,4-9H2,1-3H3. The first-order valence-corrected chi connectivity index (χ1v) is 6.59. The second kappa shape index (κ2) is 5.15. The molecule has 5 nitrogen and oxygen atoms in total. The maximum Gasteiger partial charge on any atom is 0.337 e. The van der Waals surface area contributed by atoms with E-state index in [0.717, 1.165) is 19.4 Å². The van der Waals surface area contributed by atoms with Gasteiger partial charge in [-0.15, -0.1) is 0 Å². The highest BCUT2D eigenvalue weighted by molar-refractivity contribution is 5.75. The summed E-state index contributed by atoms with van der Waals surface area (Å²) in [7, 11) is 0. The predicted octanol–water partition coefficient (Wildman–Crippen LogP) is 0.866. The fraction of sp³-hybridized carbons (Fsp3) is 0.923. The summed E-state index contributed by atoms with van der Waals surface area (Å²) >= 11 is 0. The van der Waals surface area contributed by atoms with Gasteiger partial charge in [0.15, 0.2) is 6.10 Å². The molecule has 0 aromatic heterocycles. The van der Waals surface area contributed by atoms with Crippen molar-refractivity contribution in [1.82, 2.24) is 5.32 Å². The van der Waals surface area contributed by atoms with Crippen LogP contribution in [-0.2, 0) is 19.0 Å². The Morgan fingerprint density at radius 3 is 2.61 bits per heavy atom. The Morgan fingerprint density at radius 1 is 1.33 bits per heavy atom. The molecule has 2 aliphatic rings. The van der Waals surface area contributed by atoms with Crippen molar-refractivity contribution < 1.29 is 19.0 Å². The van der Waals surface area contributed by atoms with Gasteiger partial charge in [-0.1, -0.05) is 0 Å². The second-order valence-corrected chi connectivity index (χ2v) is 6.07. The van der Waals surface area contributed by atoms with Crippen LogP contribution in [0.1, 0.15) is 33.6 Å². The molecular formula is C13H23NO4. The Hall–Kier alpha value is -0.650. The van der Waals surface area contributed by atoms with Crippen LogP contribution in [0.3, 0.4) is 0 Å². The zero-order valence-corrected chi connectivity index (χ0v) is 11.5. The minimum atomic E-state index is -0.504. The van der Waals surface area contributed by atoms with Crippen LogP contribution < -0.4 is 5.32 Å². The van der Waals surface area contributed by atoms with Crippen molar-refractivity contribution >= 4 is 5.97 Å². The molecule has 0 aromatic rings. The van der Waals surface area contributed by atoms with E-state index in [9.17, 15) is 4.79 Å². The summed E-state index contributed by atoms with van der Waals surface area (Å²) in [4.78, 5) is 12.0. The molecule has 104 valence electrons. The van der Waals surface area contributed by atoms with Crippen molar-refractivity contribution in [2.24, 2.45) is 0 Å². The van der Waals surface area contributed by atoms with E-state index in [1.807, 2.05) is 20.8 Å². The predicted molar refractivity (Wildman–Crippen MR) is 66.4 cm³/mol. The molecule has 2 rings (SSSR count). The molecule has 0 aromatic carbocycles. The minimum Gasteiger partial charge on any atom is -0.458 e. The number of nitrogens with one attached hydrogen (secondary N) is 1. The molecule has 1 unspecified atom stereocenters. The number of ether oxygens (including phenoxy) is 3. The molecule has 2 heterocycles. The zero-order valence-electron chi connectivity index (χ0n) is 11.5. The maximum atomic E-state index is 12.0. The first kappa shape index (κ1) is 13.8. The fourth-order valence-corrected chi connectivity index (χ4v) is 2.35. The molecule has 0 radical (unpaired) electrons. The van der Waals surface area contributed by atoms with Crippen LogP contribution >= 0.6 is 0 Å². The summed E-state index contributed by atoms with van der Waals surface area (Å²) in [6.45, 7) is 8.31. The monoisotopic (exact) mass is 257 g/mol. The summed E-state index contributed by atoms with van der Waals surface area (Å²) in [5, 5.41) is 3.28. The van der Waals surface area contributed by atoms with E-state index in [2.05, 4.69) is 5.32 Å². The molecule has 0 amide bonds. The highest BCUT2D eigenvalue weighted by atomic mass is 16.6. The molecule has 2 fully saturated rings. The third kappa shape index (κ3) is 3.43. The Kier molecular flexibility index (Phi) is 3.94. The summed E-state index contributed by atoms with van der Waals surface area (Å²) in [6, 6.07) is 0. The van der Waals surface area contributed by atoms with Gasteiger partial charge in [-0.2, -0.15) is 0 Å². The van der Waals surface area contributed by atoms with Crippen LogP contribution in [0.4, 0.5) is 0 Å². The lowest BCUT2D eigenvalue weighted by Gasteiger charge is -2.43. The van der Waals surface area contributed by atoms with Crippen LogP contribution in [-0.4, -0.2) is 49.6 Å². The van der Waals surface area contributed by atoms with Crippen LogP contribution in [0.25, 0.3) is 0 Å². The molecule has 0 bridgehead atoms. The lowest BCUT2D eigenvalue weighted by molar-refractivity contribution is -0.197. The number of carbonyl (C=O) groups excluding carboxylic acids is 1. The average molecular weight is 257 g/mol. The maximum absolute atomic E-state index is 12.0. The van der Waals surface area contributed by atoms with Gasteiger partial charge < -0.3 is 19.5 Å². The number of rotatable bonds is 1. The Morgan fingerprint density at radius 2 is 2.00 bits per heavy atom. The molecule has 0 aliphatic carbocycles. The quantitative estimate of drug-likeness (QED) is 0.706. The van der Waals surface area contributed by atoms with Crippen molar-refractivity contribution in [3.63, 3.8) is 0 Å². The lowest BCUT2D eigenvalue weighted by Crippen LogP contribution is -2.58. The van der Waals surface area contributed by atoms with Crippen molar-refractivity contribution in [1.29, 1.82) is 0 Å². The third-order valence-corrected chi connectivity index (χ3v) is 3.24. The molecule has 2 aliphatic heterocycles. The number of carbonyl (C=O) groups is 1. The molecule has 1 spiro atoms. The van der Waals surface area contributed by atoms with Gasteiger partial charge in [-0.05, 0) is 20.8 Å². The van der Waals surface area contributed by atoms with E-state index < -0.39 is 11.7 Å². The van der Waals surface area contributed by atoms with Gasteiger partial charge in [0.25, 0.3) is 0 Å². The third-order valence-electron chi connectivity index (χ3n) is 3.24. The van der Waals surface area contributed by atoms with Crippen molar-refractivity contribution in [2.75, 3.05) is 26.3 Å². The zero-order chi connectivity index (χ0) is 13.2. The van der Waals surface area contributed by atoms with Crippen molar-refractivity contribution in [2.45, 2.75) is 50.9 Å². The van der Waals surface area contributed by atoms with Crippen molar-refractivity contribution in [3.8, 4) is 0 Å². The Bertz CT molecular complexity index is 299. The van der Waals surface area contributed by atoms with Gasteiger partial charge in [-0.3, -0.25) is 0 Å². The summed E-state index contributed by atoms with van der Waals surface area (Å²) < 4.78 is 16.7. The van der Waals surface area contributed by atoms with E-state index in [1.54, 1.807) is 0 Å². The van der Waals surface area contributed by atoms with E-state index in [1.165, 1.54) is 0 Å². The lowest BCUT2D eigenvalue weighted by atomic mass is 9.92. The number of hydrogen-bond acceptors (Lipinski definition) is 5. The van der Waals surface area contributed by atoms with Gasteiger partial charge in [-0.25, -0.2) is 4.79 Å². The molecule has 5 heteroatoms. The van der Waals surface area contributed by atoms with Crippen LogP contribution in [0.5, 0.6) is 0 Å². The highest BCUT2D eigenvalue weighted by Crippen LogP contribution is 2.29. The summed E-state index contributed by atoms with van der Waals surface area (Å²) in [5.74, 6) is -0.277. The second-order valence-electron chi connectivity index (χ2n) is 6.07. The molecule has 0 saturated carbocycles. The molecular weight excluding hydrogens is 234 g/mol. The number of esters is 1. The SMILES string of the molecule is CC(C)(C)OC(=O)C1CNCC2(CCOCC2)O1. The van der Waals surface area contributed by atoms with E-state index in [-0.39, 0.29) is 11.6 Å². The first-order valence-electron chi connectivity index (χ1n) is 6.59. The van der Waals surface area contributed by atoms with E-state index >= 15 is 0 Å². The molecule has 1 N–H and O–H groups in total. The largest absolute Gasteiger partial charge is 0.458 e. The molecule has 1 atom stereocenters. The number of hydrogen-bond donors (Lipinski definition) is 1. The van der Waals surface area contributed by atoms with Gasteiger partial charge in [0.2, 0.25) is 0 Å². The van der Waals surface area contributed by atoms with Gasteiger partial charge >= 0.3 is 5.97 Å². The first-order chi connectivity index (χ1) is 8.40. The summed E-state index contributed by atoms with van der Waals surface area (Å²) in [5.41, 5.74) is -0.723. The summed E-state index contributed by atoms with van der Waals surface area (Å²) in [6.07, 6.45) is 1.16. The molecule has 18 heavy (non-hydrogen) atoms. The van der Waals surface area contributed by atoms with Crippen LogP contribution in [0, 0.1) is 0 Å². The molecule has 2 saturated heterocycles. The van der Waals surface area contributed by atoms with Crippen LogP contribution in [0.15, 0.2) is 0 Å². The fourth-order valence-electron chi connectivity index (χ4n) is 2.35. The topological polar surface area (TPSA) is 56.8 Å².